The van der Waals surface area contributed by atoms with Crippen molar-refractivity contribution >= 4 is 11.3 Å². The summed E-state index contributed by atoms with van der Waals surface area (Å²) in [5, 5.41) is 1.28. The lowest BCUT2D eigenvalue weighted by molar-refractivity contribution is 0.0325. The Labute approximate surface area is 114 Å². The van der Waals surface area contributed by atoms with Gasteiger partial charge in [0.25, 0.3) is 0 Å². The standard InChI is InChI=1S/C14H23N3S/c1-10-8-16-6-4-5-13(16)9-17(10)12(3)14-15-7-11(2)18-14/h7,10,12-13H,4-6,8-9H2,1-3H3. The summed E-state index contributed by atoms with van der Waals surface area (Å²) in [7, 11) is 0. The van der Waals surface area contributed by atoms with Gasteiger partial charge in [-0.2, -0.15) is 0 Å². The van der Waals surface area contributed by atoms with Crippen LogP contribution in [-0.4, -0.2) is 46.5 Å². The number of fused-ring (bicyclic) bond motifs is 1. The van der Waals surface area contributed by atoms with Crippen molar-refractivity contribution in [1.29, 1.82) is 0 Å². The van der Waals surface area contributed by atoms with E-state index in [1.807, 2.05) is 17.5 Å². The molecule has 3 nitrogen and oxygen atoms in total. The van der Waals surface area contributed by atoms with Crippen LogP contribution in [0.5, 0.6) is 0 Å². The zero-order valence-corrected chi connectivity index (χ0v) is 12.4. The molecule has 1 aromatic rings. The second-order valence-electron chi connectivity index (χ2n) is 5.82. The van der Waals surface area contributed by atoms with Crippen molar-refractivity contribution in [1.82, 2.24) is 14.8 Å². The van der Waals surface area contributed by atoms with Crippen molar-refractivity contribution in [2.75, 3.05) is 19.6 Å². The molecule has 2 aliphatic rings. The number of piperazine rings is 1. The maximum Gasteiger partial charge on any atom is 0.110 e. The molecule has 3 atom stereocenters. The Morgan fingerprint density at radius 2 is 2.28 bits per heavy atom. The van der Waals surface area contributed by atoms with Crippen LogP contribution in [0.3, 0.4) is 0 Å². The third-order valence-corrected chi connectivity index (χ3v) is 5.56. The minimum Gasteiger partial charge on any atom is -0.298 e. The number of nitrogens with zero attached hydrogens (tertiary/aromatic N) is 3. The predicted molar refractivity (Wildman–Crippen MR) is 76.0 cm³/mol. The summed E-state index contributed by atoms with van der Waals surface area (Å²) in [6, 6.07) is 1.92. The Balaban J connectivity index is 1.74. The zero-order chi connectivity index (χ0) is 12.7. The first-order chi connectivity index (χ1) is 8.65. The predicted octanol–water partition coefficient (Wildman–Crippen LogP) is 2.68. The largest absolute Gasteiger partial charge is 0.298 e. The van der Waals surface area contributed by atoms with Crippen molar-refractivity contribution in [2.45, 2.75) is 51.7 Å². The van der Waals surface area contributed by atoms with Gasteiger partial charge in [-0.15, -0.1) is 11.3 Å². The van der Waals surface area contributed by atoms with Crippen molar-refractivity contribution in [2.24, 2.45) is 0 Å². The summed E-state index contributed by atoms with van der Waals surface area (Å²) in [5.41, 5.74) is 0. The number of thiazole rings is 1. The van der Waals surface area contributed by atoms with E-state index in [2.05, 4.69) is 35.6 Å². The maximum absolute atomic E-state index is 4.57. The smallest absolute Gasteiger partial charge is 0.110 e. The molecule has 0 saturated carbocycles. The van der Waals surface area contributed by atoms with Gasteiger partial charge in [0.1, 0.15) is 5.01 Å². The summed E-state index contributed by atoms with van der Waals surface area (Å²) in [4.78, 5) is 11.2. The first-order valence-corrected chi connectivity index (χ1v) is 7.89. The van der Waals surface area contributed by atoms with E-state index in [4.69, 9.17) is 0 Å². The molecular weight excluding hydrogens is 242 g/mol. The van der Waals surface area contributed by atoms with Crippen molar-refractivity contribution in [3.63, 3.8) is 0 Å². The van der Waals surface area contributed by atoms with Crippen molar-refractivity contribution in [3.8, 4) is 0 Å². The SMILES string of the molecule is Cc1cnc(C(C)N2CC3CCCN3CC2C)s1. The van der Waals surface area contributed by atoms with Crippen LogP contribution in [0.2, 0.25) is 0 Å². The first kappa shape index (κ1) is 12.6. The highest BCUT2D eigenvalue weighted by molar-refractivity contribution is 7.11. The van der Waals surface area contributed by atoms with Gasteiger partial charge in [0.2, 0.25) is 0 Å². The van der Waals surface area contributed by atoms with E-state index in [-0.39, 0.29) is 0 Å². The van der Waals surface area contributed by atoms with E-state index in [9.17, 15) is 0 Å². The molecule has 0 N–H and O–H groups in total. The molecule has 4 heteroatoms. The van der Waals surface area contributed by atoms with Gasteiger partial charge in [-0.3, -0.25) is 9.80 Å². The number of rotatable bonds is 2. The molecule has 2 aliphatic heterocycles. The lowest BCUT2D eigenvalue weighted by Gasteiger charge is -2.44. The lowest BCUT2D eigenvalue weighted by atomic mass is 10.1. The Kier molecular flexibility index (Phi) is 3.43. The second kappa shape index (κ2) is 4.91. The van der Waals surface area contributed by atoms with Crippen LogP contribution in [0.4, 0.5) is 0 Å². The quantitative estimate of drug-likeness (QED) is 0.819. The van der Waals surface area contributed by atoms with Gasteiger partial charge in [-0.05, 0) is 40.2 Å². The molecule has 18 heavy (non-hydrogen) atoms. The van der Waals surface area contributed by atoms with Gasteiger partial charge >= 0.3 is 0 Å². The van der Waals surface area contributed by atoms with E-state index in [0.29, 0.717) is 12.1 Å². The van der Waals surface area contributed by atoms with Crippen LogP contribution in [-0.2, 0) is 0 Å². The number of hydrogen-bond acceptors (Lipinski definition) is 4. The van der Waals surface area contributed by atoms with Gasteiger partial charge in [0.05, 0.1) is 6.04 Å². The fourth-order valence-electron chi connectivity index (χ4n) is 3.46. The maximum atomic E-state index is 4.57. The fourth-order valence-corrected chi connectivity index (χ4v) is 4.30. The minimum atomic E-state index is 0.474. The lowest BCUT2D eigenvalue weighted by Crippen LogP contribution is -2.55. The topological polar surface area (TPSA) is 19.4 Å². The van der Waals surface area contributed by atoms with Crippen LogP contribution >= 0.6 is 11.3 Å². The van der Waals surface area contributed by atoms with E-state index < -0.39 is 0 Å². The normalized spacial score (nSPS) is 31.5. The molecule has 0 amide bonds. The molecule has 2 fully saturated rings. The Bertz CT molecular complexity index is 417. The third-order valence-electron chi connectivity index (χ3n) is 4.48. The zero-order valence-electron chi connectivity index (χ0n) is 11.6. The Hall–Kier alpha value is -0.450. The molecule has 0 bridgehead atoms. The van der Waals surface area contributed by atoms with Crippen LogP contribution in [0.25, 0.3) is 0 Å². The average Bonchev–Trinajstić information content (AvgIpc) is 2.95. The van der Waals surface area contributed by atoms with E-state index in [1.54, 1.807) is 0 Å². The molecule has 3 rings (SSSR count). The molecule has 2 saturated heterocycles. The third kappa shape index (κ3) is 2.22. The summed E-state index contributed by atoms with van der Waals surface area (Å²) >= 11 is 1.85. The van der Waals surface area contributed by atoms with Crippen LogP contribution in [0.1, 0.15) is 42.6 Å². The molecule has 0 aliphatic carbocycles. The average molecular weight is 265 g/mol. The van der Waals surface area contributed by atoms with E-state index in [1.165, 1.54) is 42.4 Å². The van der Waals surface area contributed by atoms with E-state index in [0.717, 1.165) is 6.04 Å². The Morgan fingerprint density at radius 1 is 1.44 bits per heavy atom. The summed E-state index contributed by atoms with van der Waals surface area (Å²) in [5.74, 6) is 0. The van der Waals surface area contributed by atoms with Gasteiger partial charge in [0.15, 0.2) is 0 Å². The molecule has 0 spiro atoms. The second-order valence-corrected chi connectivity index (χ2v) is 7.09. The van der Waals surface area contributed by atoms with Crippen LogP contribution in [0, 0.1) is 6.92 Å². The van der Waals surface area contributed by atoms with Gasteiger partial charge in [0, 0.05) is 36.2 Å². The minimum absolute atomic E-state index is 0.474. The molecule has 100 valence electrons. The molecule has 3 heterocycles. The van der Waals surface area contributed by atoms with Gasteiger partial charge in [-0.1, -0.05) is 0 Å². The summed E-state index contributed by atoms with van der Waals surface area (Å²) in [6.45, 7) is 10.6. The van der Waals surface area contributed by atoms with Gasteiger partial charge < -0.3 is 0 Å². The van der Waals surface area contributed by atoms with Crippen LogP contribution < -0.4 is 0 Å². The first-order valence-electron chi connectivity index (χ1n) is 7.07. The van der Waals surface area contributed by atoms with E-state index >= 15 is 0 Å². The molecule has 0 aromatic carbocycles. The molecule has 3 unspecified atom stereocenters. The van der Waals surface area contributed by atoms with Gasteiger partial charge in [-0.25, -0.2) is 4.98 Å². The Morgan fingerprint density at radius 3 is 3.00 bits per heavy atom. The summed E-state index contributed by atoms with van der Waals surface area (Å²) < 4.78 is 0. The molecule has 1 aromatic heterocycles. The fraction of sp³-hybridized carbons (Fsp3) is 0.786. The highest BCUT2D eigenvalue weighted by atomic mass is 32.1. The number of hydrogen-bond donors (Lipinski definition) is 0. The number of aromatic nitrogens is 1. The number of aryl methyl sites for hydroxylation is 1. The molecule has 0 radical (unpaired) electrons. The summed E-state index contributed by atoms with van der Waals surface area (Å²) in [6.07, 6.45) is 4.77. The van der Waals surface area contributed by atoms with Crippen molar-refractivity contribution in [3.05, 3.63) is 16.1 Å². The highest BCUT2D eigenvalue weighted by Crippen LogP contribution is 2.32. The van der Waals surface area contributed by atoms with Crippen LogP contribution in [0.15, 0.2) is 6.20 Å². The highest BCUT2D eigenvalue weighted by Gasteiger charge is 2.36. The molecular formula is C14H23N3S. The van der Waals surface area contributed by atoms with Crippen molar-refractivity contribution < 1.29 is 0 Å². The monoisotopic (exact) mass is 265 g/mol.